The molecule has 0 spiro atoms. The van der Waals surface area contributed by atoms with Crippen LogP contribution in [0.5, 0.6) is 11.5 Å². The van der Waals surface area contributed by atoms with Crippen LogP contribution in [0.2, 0.25) is 26.2 Å². The fraction of sp³-hybridized carbons (Fsp3) is 0.333. The molecular formula is C18H28N2O3Si2. The molecule has 0 amide bonds. The Labute approximate surface area is 152 Å². The first-order chi connectivity index (χ1) is 11.7. The average molecular weight is 377 g/mol. The summed E-state index contributed by atoms with van der Waals surface area (Å²) in [5.74, 6) is 0.0836. The standard InChI is InChI=1S/C18H28N2O3Si2/c1-24(2,3)23-25(4,17(19)21-15-11-7-5-8-12-15)18(20)22-16-13-9-6-10-14-16/h5-14,17-18H,19-20H2,1-4H3. The number of hydrogen-bond acceptors (Lipinski definition) is 5. The molecule has 0 aliphatic carbocycles. The summed E-state index contributed by atoms with van der Waals surface area (Å²) < 4.78 is 18.4. The van der Waals surface area contributed by atoms with Crippen LogP contribution < -0.4 is 20.9 Å². The zero-order valence-corrected chi connectivity index (χ0v) is 17.3. The fourth-order valence-electron chi connectivity index (χ4n) is 2.46. The summed E-state index contributed by atoms with van der Waals surface area (Å²) in [5.41, 5.74) is 12.8. The van der Waals surface area contributed by atoms with Crippen LogP contribution in [0, 0.1) is 0 Å². The minimum absolute atomic E-state index is 0.652. The van der Waals surface area contributed by atoms with Gasteiger partial charge in [0.1, 0.15) is 11.5 Å². The molecule has 0 saturated heterocycles. The highest BCUT2D eigenvalue weighted by atomic mass is 28.4. The summed E-state index contributed by atoms with van der Waals surface area (Å²) in [5, 5.41) is 0. The Morgan fingerprint density at radius 2 is 1.04 bits per heavy atom. The first-order valence-electron chi connectivity index (χ1n) is 8.35. The lowest BCUT2D eigenvalue weighted by atomic mass is 10.3. The van der Waals surface area contributed by atoms with E-state index in [2.05, 4.69) is 19.6 Å². The van der Waals surface area contributed by atoms with E-state index in [4.69, 9.17) is 25.1 Å². The smallest absolute Gasteiger partial charge is 0.298 e. The van der Waals surface area contributed by atoms with Crippen molar-refractivity contribution in [3.05, 3.63) is 60.7 Å². The van der Waals surface area contributed by atoms with Crippen molar-refractivity contribution in [2.24, 2.45) is 11.5 Å². The van der Waals surface area contributed by atoms with Gasteiger partial charge in [0.25, 0.3) is 8.32 Å². The summed E-state index contributed by atoms with van der Waals surface area (Å²) in [6.07, 6.45) is 0. The maximum atomic E-state index is 6.47. The fourth-order valence-corrected chi connectivity index (χ4v) is 9.73. The lowest BCUT2D eigenvalue weighted by Gasteiger charge is -2.41. The van der Waals surface area contributed by atoms with Crippen molar-refractivity contribution in [2.45, 2.75) is 37.9 Å². The minimum Gasteiger partial charge on any atom is -0.476 e. The van der Waals surface area contributed by atoms with Crippen LogP contribution in [-0.4, -0.2) is 28.3 Å². The predicted molar refractivity (Wildman–Crippen MR) is 106 cm³/mol. The van der Waals surface area contributed by atoms with Crippen molar-refractivity contribution < 1.29 is 13.6 Å². The van der Waals surface area contributed by atoms with Gasteiger partial charge in [0.15, 0.2) is 20.0 Å². The molecule has 2 atom stereocenters. The highest BCUT2D eigenvalue weighted by Gasteiger charge is 2.49. The molecule has 2 aromatic rings. The highest BCUT2D eigenvalue weighted by molar-refractivity contribution is 6.86. The molecule has 7 heteroatoms. The van der Waals surface area contributed by atoms with Crippen LogP contribution in [0.1, 0.15) is 0 Å². The second kappa shape index (κ2) is 8.16. The minimum atomic E-state index is -2.78. The van der Waals surface area contributed by atoms with Crippen LogP contribution >= 0.6 is 0 Å². The monoisotopic (exact) mass is 376 g/mol. The van der Waals surface area contributed by atoms with E-state index in [1.807, 2.05) is 67.2 Å². The number of benzene rings is 2. The maximum absolute atomic E-state index is 6.47. The largest absolute Gasteiger partial charge is 0.476 e. The van der Waals surface area contributed by atoms with Crippen molar-refractivity contribution in [3.8, 4) is 11.5 Å². The third kappa shape index (κ3) is 5.69. The molecule has 25 heavy (non-hydrogen) atoms. The van der Waals surface area contributed by atoms with Gasteiger partial charge in [-0.3, -0.25) is 11.5 Å². The van der Waals surface area contributed by atoms with E-state index in [1.54, 1.807) is 0 Å². The summed E-state index contributed by atoms with van der Waals surface area (Å²) in [6, 6.07) is 18.9. The van der Waals surface area contributed by atoms with Crippen molar-refractivity contribution in [1.29, 1.82) is 0 Å². The summed E-state index contributed by atoms with van der Waals surface area (Å²) in [6.45, 7) is 8.32. The van der Waals surface area contributed by atoms with E-state index in [0.717, 1.165) is 0 Å². The third-order valence-electron chi connectivity index (χ3n) is 3.67. The molecule has 0 aromatic heterocycles. The molecule has 0 saturated carbocycles. The number of hydrogen-bond donors (Lipinski definition) is 2. The van der Waals surface area contributed by atoms with Gasteiger partial charge in [-0.2, -0.15) is 0 Å². The quantitative estimate of drug-likeness (QED) is 0.546. The molecule has 4 N–H and O–H groups in total. The first-order valence-corrected chi connectivity index (χ1v) is 14.3. The second-order valence-electron chi connectivity index (χ2n) is 7.10. The van der Waals surface area contributed by atoms with Crippen LogP contribution in [0.4, 0.5) is 0 Å². The molecule has 0 radical (unpaired) electrons. The highest BCUT2D eigenvalue weighted by Crippen LogP contribution is 2.24. The lowest BCUT2D eigenvalue weighted by molar-refractivity contribution is 0.201. The van der Waals surface area contributed by atoms with Gasteiger partial charge in [0.05, 0.1) is 0 Å². The molecule has 0 fully saturated rings. The van der Waals surface area contributed by atoms with Gasteiger partial charge >= 0.3 is 0 Å². The van der Waals surface area contributed by atoms with Gasteiger partial charge < -0.3 is 13.6 Å². The van der Waals surface area contributed by atoms with Gasteiger partial charge in [0, 0.05) is 0 Å². The molecule has 2 rings (SSSR count). The van der Waals surface area contributed by atoms with Crippen LogP contribution in [-0.2, 0) is 4.12 Å². The molecule has 5 nitrogen and oxygen atoms in total. The number of nitrogens with two attached hydrogens (primary N) is 2. The average Bonchev–Trinajstić information content (AvgIpc) is 2.55. The van der Waals surface area contributed by atoms with Crippen molar-refractivity contribution >= 4 is 16.6 Å². The van der Waals surface area contributed by atoms with Crippen molar-refractivity contribution in [3.63, 3.8) is 0 Å². The molecule has 0 heterocycles. The van der Waals surface area contributed by atoms with Crippen molar-refractivity contribution in [2.75, 3.05) is 0 Å². The Morgan fingerprint density at radius 1 is 0.680 bits per heavy atom. The van der Waals surface area contributed by atoms with Crippen LogP contribution in [0.15, 0.2) is 60.7 Å². The summed E-state index contributed by atoms with van der Waals surface area (Å²) in [4.78, 5) is 0. The van der Waals surface area contributed by atoms with Gasteiger partial charge in [0.2, 0.25) is 0 Å². The Kier molecular flexibility index (Phi) is 6.42. The number of ether oxygens (including phenoxy) is 2. The molecular weight excluding hydrogens is 348 g/mol. The first kappa shape index (κ1) is 19.7. The lowest BCUT2D eigenvalue weighted by Crippen LogP contribution is -2.70. The van der Waals surface area contributed by atoms with E-state index in [9.17, 15) is 0 Å². The SMILES string of the molecule is C[Si](C)(C)O[Si](C)(C(N)Oc1ccccc1)C(N)Oc1ccccc1. The number of rotatable bonds is 8. The predicted octanol–water partition coefficient (Wildman–Crippen LogP) is 3.22. The van der Waals surface area contributed by atoms with E-state index in [-0.39, 0.29) is 0 Å². The van der Waals surface area contributed by atoms with E-state index in [1.165, 1.54) is 0 Å². The zero-order chi connectivity index (χ0) is 18.5. The molecule has 0 aliphatic heterocycles. The van der Waals surface area contributed by atoms with E-state index in [0.29, 0.717) is 11.5 Å². The molecule has 136 valence electrons. The topological polar surface area (TPSA) is 79.7 Å². The Hall–Kier alpha value is -1.65. The Bertz CT molecular complexity index is 603. The zero-order valence-electron chi connectivity index (χ0n) is 15.3. The summed E-state index contributed by atoms with van der Waals surface area (Å²) in [7, 11) is -4.70. The molecule has 0 aliphatic rings. The van der Waals surface area contributed by atoms with Crippen molar-refractivity contribution in [1.82, 2.24) is 0 Å². The van der Waals surface area contributed by atoms with Crippen LogP contribution in [0.25, 0.3) is 0 Å². The Morgan fingerprint density at radius 3 is 1.36 bits per heavy atom. The van der Waals surface area contributed by atoms with Gasteiger partial charge in [-0.05, 0) is 50.5 Å². The number of para-hydroxylation sites is 2. The maximum Gasteiger partial charge on any atom is 0.298 e. The normalized spacial score (nSPS) is 16.6. The molecule has 2 aromatic carbocycles. The molecule has 0 bridgehead atoms. The van der Waals surface area contributed by atoms with E-state index >= 15 is 0 Å². The van der Waals surface area contributed by atoms with Gasteiger partial charge in [-0.25, -0.2) is 0 Å². The van der Waals surface area contributed by atoms with Gasteiger partial charge in [-0.1, -0.05) is 36.4 Å². The summed E-state index contributed by atoms with van der Waals surface area (Å²) >= 11 is 0. The molecule has 2 unspecified atom stereocenters. The van der Waals surface area contributed by atoms with Gasteiger partial charge in [-0.15, -0.1) is 0 Å². The van der Waals surface area contributed by atoms with Crippen LogP contribution in [0.3, 0.4) is 0 Å². The third-order valence-corrected chi connectivity index (χ3v) is 10.4. The van der Waals surface area contributed by atoms with E-state index < -0.39 is 28.3 Å². The second-order valence-corrected chi connectivity index (χ2v) is 15.6. The Balaban J connectivity index is 2.22.